The lowest BCUT2D eigenvalue weighted by Crippen LogP contribution is -2.24. The van der Waals surface area contributed by atoms with Crippen LogP contribution in [0.1, 0.15) is 18.6 Å². The molecule has 16 heavy (non-hydrogen) atoms. The van der Waals surface area contributed by atoms with Crippen molar-refractivity contribution >= 4 is 9.84 Å². The molecule has 1 N–H and O–H groups in total. The minimum Gasteiger partial charge on any atom is -0.387 e. The zero-order valence-electron chi connectivity index (χ0n) is 8.81. The summed E-state index contributed by atoms with van der Waals surface area (Å²) in [7, 11) is -3.47. The van der Waals surface area contributed by atoms with Crippen molar-refractivity contribution in [2.75, 3.05) is 6.26 Å². The van der Waals surface area contributed by atoms with E-state index in [1.54, 1.807) is 0 Å². The van der Waals surface area contributed by atoms with E-state index < -0.39 is 32.8 Å². The SMILES string of the molecule is CC(C(O)c1cc(F)cc(F)c1)S(C)(=O)=O. The van der Waals surface area contributed by atoms with Crippen LogP contribution < -0.4 is 0 Å². The zero-order valence-corrected chi connectivity index (χ0v) is 9.63. The summed E-state index contributed by atoms with van der Waals surface area (Å²) < 4.78 is 48.0. The van der Waals surface area contributed by atoms with Crippen LogP contribution in [0.15, 0.2) is 18.2 Å². The molecular weight excluding hydrogens is 238 g/mol. The van der Waals surface area contributed by atoms with Crippen LogP contribution >= 0.6 is 0 Å². The first-order chi connectivity index (χ1) is 7.21. The van der Waals surface area contributed by atoms with Gasteiger partial charge >= 0.3 is 0 Å². The molecule has 1 rings (SSSR count). The van der Waals surface area contributed by atoms with Crippen molar-refractivity contribution in [2.24, 2.45) is 0 Å². The van der Waals surface area contributed by atoms with Crippen molar-refractivity contribution in [3.05, 3.63) is 35.4 Å². The highest BCUT2D eigenvalue weighted by Gasteiger charge is 2.26. The van der Waals surface area contributed by atoms with Gasteiger partial charge in [-0.25, -0.2) is 17.2 Å². The third-order valence-electron chi connectivity index (χ3n) is 2.35. The third kappa shape index (κ3) is 2.99. The Bertz CT molecular complexity index is 465. The molecule has 6 heteroatoms. The van der Waals surface area contributed by atoms with Crippen molar-refractivity contribution in [1.82, 2.24) is 0 Å². The molecule has 0 amide bonds. The van der Waals surface area contributed by atoms with Gasteiger partial charge in [-0.2, -0.15) is 0 Å². The number of sulfone groups is 1. The van der Waals surface area contributed by atoms with E-state index in [1.807, 2.05) is 0 Å². The van der Waals surface area contributed by atoms with Gasteiger partial charge in [-0.1, -0.05) is 0 Å². The van der Waals surface area contributed by atoms with Crippen molar-refractivity contribution in [3.8, 4) is 0 Å². The summed E-state index contributed by atoms with van der Waals surface area (Å²) in [6, 6.07) is 2.48. The topological polar surface area (TPSA) is 54.4 Å². The van der Waals surface area contributed by atoms with Crippen LogP contribution in [-0.4, -0.2) is 25.0 Å². The van der Waals surface area contributed by atoms with Gasteiger partial charge in [0, 0.05) is 12.3 Å². The zero-order chi connectivity index (χ0) is 12.5. The quantitative estimate of drug-likeness (QED) is 0.883. The summed E-state index contributed by atoms with van der Waals surface area (Å²) in [4.78, 5) is 0. The Morgan fingerprint density at radius 1 is 1.19 bits per heavy atom. The van der Waals surface area contributed by atoms with Crippen LogP contribution in [-0.2, 0) is 9.84 Å². The second kappa shape index (κ2) is 4.47. The molecule has 0 spiro atoms. The molecule has 2 unspecified atom stereocenters. The molecule has 0 aliphatic carbocycles. The molecule has 0 aliphatic rings. The lowest BCUT2D eigenvalue weighted by atomic mass is 10.1. The molecule has 1 aromatic carbocycles. The monoisotopic (exact) mass is 250 g/mol. The maximum Gasteiger partial charge on any atom is 0.152 e. The fourth-order valence-electron chi connectivity index (χ4n) is 1.25. The van der Waals surface area contributed by atoms with Gasteiger partial charge in [-0.15, -0.1) is 0 Å². The van der Waals surface area contributed by atoms with Gasteiger partial charge in [-0.3, -0.25) is 0 Å². The van der Waals surface area contributed by atoms with Gasteiger partial charge < -0.3 is 5.11 Å². The molecule has 90 valence electrons. The second-order valence-corrected chi connectivity index (χ2v) is 6.08. The molecule has 0 heterocycles. The first-order valence-electron chi connectivity index (χ1n) is 4.54. The molecule has 0 saturated carbocycles. The Morgan fingerprint density at radius 3 is 2.00 bits per heavy atom. The number of hydrogen-bond donors (Lipinski definition) is 1. The number of halogens is 2. The highest BCUT2D eigenvalue weighted by atomic mass is 32.2. The summed E-state index contributed by atoms with van der Waals surface area (Å²) >= 11 is 0. The number of aliphatic hydroxyl groups is 1. The van der Waals surface area contributed by atoms with E-state index in [2.05, 4.69) is 0 Å². The number of benzene rings is 1. The largest absolute Gasteiger partial charge is 0.387 e. The first kappa shape index (κ1) is 13.1. The van der Waals surface area contributed by atoms with Crippen LogP contribution in [0.2, 0.25) is 0 Å². The number of aliphatic hydroxyl groups excluding tert-OH is 1. The van der Waals surface area contributed by atoms with Gasteiger partial charge in [0.05, 0.1) is 11.4 Å². The standard InChI is InChI=1S/C10H12F2O3S/c1-6(16(2,14)15)10(13)7-3-8(11)5-9(12)4-7/h3-6,10,13H,1-2H3. The van der Waals surface area contributed by atoms with Crippen LogP contribution in [0.5, 0.6) is 0 Å². The van der Waals surface area contributed by atoms with Crippen molar-refractivity contribution in [2.45, 2.75) is 18.3 Å². The summed E-state index contributed by atoms with van der Waals surface area (Å²) in [5.74, 6) is -1.70. The Hall–Kier alpha value is -1.01. The van der Waals surface area contributed by atoms with E-state index >= 15 is 0 Å². The summed E-state index contributed by atoms with van der Waals surface area (Å²) in [6.45, 7) is 1.28. The molecule has 0 aromatic heterocycles. The smallest absolute Gasteiger partial charge is 0.152 e. The molecule has 0 saturated heterocycles. The van der Waals surface area contributed by atoms with Crippen LogP contribution in [0.25, 0.3) is 0 Å². The molecule has 1 aromatic rings. The predicted octanol–water partition coefficient (Wildman–Crippen LogP) is 1.43. The first-order valence-corrected chi connectivity index (χ1v) is 6.50. The number of rotatable bonds is 3. The Morgan fingerprint density at radius 2 is 1.62 bits per heavy atom. The Kier molecular flexibility index (Phi) is 3.64. The third-order valence-corrected chi connectivity index (χ3v) is 3.95. The molecule has 0 aliphatic heterocycles. The maximum absolute atomic E-state index is 12.8. The average molecular weight is 250 g/mol. The van der Waals surface area contributed by atoms with Crippen LogP contribution in [0, 0.1) is 11.6 Å². The van der Waals surface area contributed by atoms with E-state index in [1.165, 1.54) is 6.92 Å². The summed E-state index contributed by atoms with van der Waals surface area (Å²) in [5, 5.41) is 8.54. The van der Waals surface area contributed by atoms with Crippen LogP contribution in [0.3, 0.4) is 0 Å². The Labute approximate surface area is 92.6 Å². The fourth-order valence-corrected chi connectivity index (χ4v) is 1.88. The van der Waals surface area contributed by atoms with Crippen LogP contribution in [0.4, 0.5) is 8.78 Å². The Balaban J connectivity index is 3.10. The lowest BCUT2D eigenvalue weighted by molar-refractivity contribution is 0.175. The molecule has 0 bridgehead atoms. The molecule has 0 fully saturated rings. The molecule has 2 atom stereocenters. The number of hydrogen-bond acceptors (Lipinski definition) is 3. The van der Waals surface area contributed by atoms with E-state index in [-0.39, 0.29) is 5.56 Å². The van der Waals surface area contributed by atoms with Crippen molar-refractivity contribution < 1.29 is 22.3 Å². The molecular formula is C10H12F2O3S. The van der Waals surface area contributed by atoms with E-state index in [0.29, 0.717) is 6.07 Å². The van der Waals surface area contributed by atoms with Gasteiger partial charge in [0.1, 0.15) is 11.6 Å². The summed E-state index contributed by atoms with van der Waals surface area (Å²) in [6.07, 6.45) is -0.489. The predicted molar refractivity (Wildman–Crippen MR) is 55.6 cm³/mol. The molecule has 3 nitrogen and oxygen atoms in total. The lowest BCUT2D eigenvalue weighted by Gasteiger charge is -2.17. The highest BCUT2D eigenvalue weighted by molar-refractivity contribution is 7.91. The van der Waals surface area contributed by atoms with Crippen molar-refractivity contribution in [3.63, 3.8) is 0 Å². The minimum absolute atomic E-state index is 0.0876. The van der Waals surface area contributed by atoms with Gasteiger partial charge in [-0.05, 0) is 24.6 Å². The van der Waals surface area contributed by atoms with Crippen molar-refractivity contribution in [1.29, 1.82) is 0 Å². The van der Waals surface area contributed by atoms with E-state index in [9.17, 15) is 22.3 Å². The fraction of sp³-hybridized carbons (Fsp3) is 0.400. The summed E-state index contributed by atoms with van der Waals surface area (Å²) in [5.41, 5.74) is -0.0876. The molecule has 0 radical (unpaired) electrons. The second-order valence-electron chi connectivity index (χ2n) is 3.68. The minimum atomic E-state index is -3.47. The van der Waals surface area contributed by atoms with Gasteiger partial charge in [0.25, 0.3) is 0 Å². The van der Waals surface area contributed by atoms with Gasteiger partial charge in [0.2, 0.25) is 0 Å². The average Bonchev–Trinajstić information content (AvgIpc) is 2.12. The van der Waals surface area contributed by atoms with E-state index in [0.717, 1.165) is 18.4 Å². The maximum atomic E-state index is 12.8. The van der Waals surface area contributed by atoms with Gasteiger partial charge in [0.15, 0.2) is 9.84 Å². The van der Waals surface area contributed by atoms with E-state index in [4.69, 9.17) is 0 Å². The highest BCUT2D eigenvalue weighted by Crippen LogP contribution is 2.23. The normalized spacial score (nSPS) is 15.8.